The Kier molecular flexibility index (Phi) is 4.07. The van der Waals surface area contributed by atoms with E-state index in [0.717, 1.165) is 5.56 Å². The first kappa shape index (κ1) is 13.8. The minimum Gasteiger partial charge on any atom is -0.508 e. The van der Waals surface area contributed by atoms with Crippen molar-refractivity contribution in [1.82, 2.24) is 0 Å². The lowest BCUT2D eigenvalue weighted by Gasteiger charge is -2.42. The molecule has 0 spiro atoms. The molecule has 19 heavy (non-hydrogen) atoms. The van der Waals surface area contributed by atoms with Crippen LogP contribution in [0.2, 0.25) is 0 Å². The van der Waals surface area contributed by atoms with E-state index in [-0.39, 0.29) is 11.7 Å². The maximum absolute atomic E-state index is 11.6. The second-order valence-corrected chi connectivity index (χ2v) is 4.55. The van der Waals surface area contributed by atoms with Gasteiger partial charge in [-0.2, -0.15) is 0 Å². The number of hydrogen-bond donors (Lipinski definition) is 1. The zero-order chi connectivity index (χ0) is 13.9. The molecular formula is C14H18O5. The Balaban J connectivity index is 2.10. The minimum atomic E-state index is -0.655. The van der Waals surface area contributed by atoms with Gasteiger partial charge >= 0.3 is 5.97 Å². The van der Waals surface area contributed by atoms with Crippen molar-refractivity contribution in [1.29, 1.82) is 0 Å². The molecule has 0 saturated carbocycles. The maximum Gasteiger partial charge on any atom is 0.334 e. The Bertz CT molecular complexity index is 436. The van der Waals surface area contributed by atoms with Crippen molar-refractivity contribution in [2.75, 3.05) is 19.8 Å². The van der Waals surface area contributed by atoms with Gasteiger partial charge in [-0.05, 0) is 31.5 Å². The van der Waals surface area contributed by atoms with Crippen LogP contribution in [0.15, 0.2) is 24.3 Å². The van der Waals surface area contributed by atoms with E-state index in [0.29, 0.717) is 19.8 Å². The van der Waals surface area contributed by atoms with Crippen LogP contribution in [0.5, 0.6) is 5.75 Å². The van der Waals surface area contributed by atoms with Crippen LogP contribution in [0, 0.1) is 0 Å². The molecule has 104 valence electrons. The standard InChI is InChI=1S/C14H18O5/c1-3-18-13(16)10(2)19-14(8-17-9-14)11-4-6-12(15)7-5-11/h4-7,10,15H,3,8-9H2,1-2H3. The molecule has 1 fully saturated rings. The summed E-state index contributed by atoms with van der Waals surface area (Å²) in [5.74, 6) is -0.190. The van der Waals surface area contributed by atoms with Gasteiger partial charge in [0.1, 0.15) is 11.4 Å². The summed E-state index contributed by atoms with van der Waals surface area (Å²) in [6.07, 6.45) is -0.655. The number of benzene rings is 1. The summed E-state index contributed by atoms with van der Waals surface area (Å²) in [6, 6.07) is 6.73. The molecule has 1 N–H and O–H groups in total. The van der Waals surface area contributed by atoms with Gasteiger partial charge < -0.3 is 19.3 Å². The van der Waals surface area contributed by atoms with E-state index in [1.54, 1.807) is 38.1 Å². The number of carbonyl (C=O) groups is 1. The average molecular weight is 266 g/mol. The van der Waals surface area contributed by atoms with E-state index >= 15 is 0 Å². The van der Waals surface area contributed by atoms with E-state index in [2.05, 4.69) is 0 Å². The zero-order valence-corrected chi connectivity index (χ0v) is 11.1. The van der Waals surface area contributed by atoms with Crippen molar-refractivity contribution in [3.63, 3.8) is 0 Å². The van der Waals surface area contributed by atoms with Gasteiger partial charge in [-0.25, -0.2) is 4.79 Å². The van der Waals surface area contributed by atoms with Crippen LogP contribution in [-0.2, 0) is 24.6 Å². The fraction of sp³-hybridized carbons (Fsp3) is 0.500. The van der Waals surface area contributed by atoms with Crippen molar-refractivity contribution in [2.45, 2.75) is 25.6 Å². The fourth-order valence-corrected chi connectivity index (χ4v) is 2.00. The number of aromatic hydroxyl groups is 1. The predicted molar refractivity (Wildman–Crippen MR) is 67.8 cm³/mol. The second kappa shape index (κ2) is 5.59. The lowest BCUT2D eigenvalue weighted by molar-refractivity contribution is -0.239. The SMILES string of the molecule is CCOC(=O)C(C)OC1(c2ccc(O)cc2)COC1. The number of hydrogen-bond acceptors (Lipinski definition) is 5. The number of phenolic OH excluding ortho intramolecular Hbond substituents is 1. The quantitative estimate of drug-likeness (QED) is 0.820. The Morgan fingerprint density at radius 1 is 1.42 bits per heavy atom. The Morgan fingerprint density at radius 3 is 2.53 bits per heavy atom. The minimum absolute atomic E-state index is 0.192. The molecule has 0 aromatic heterocycles. The average Bonchev–Trinajstić information content (AvgIpc) is 2.35. The van der Waals surface area contributed by atoms with Crippen LogP contribution in [0.4, 0.5) is 0 Å². The van der Waals surface area contributed by atoms with E-state index in [9.17, 15) is 9.90 Å². The first-order valence-corrected chi connectivity index (χ1v) is 6.29. The first-order chi connectivity index (χ1) is 9.07. The third-order valence-corrected chi connectivity index (χ3v) is 3.08. The number of rotatable bonds is 5. The van der Waals surface area contributed by atoms with Crippen LogP contribution < -0.4 is 0 Å². The van der Waals surface area contributed by atoms with Gasteiger partial charge in [0, 0.05) is 0 Å². The molecule has 1 aliphatic rings. The third kappa shape index (κ3) is 2.88. The molecule has 0 bridgehead atoms. The first-order valence-electron chi connectivity index (χ1n) is 6.29. The van der Waals surface area contributed by atoms with Crippen LogP contribution in [0.3, 0.4) is 0 Å². The van der Waals surface area contributed by atoms with E-state index < -0.39 is 11.7 Å². The highest BCUT2D eigenvalue weighted by Crippen LogP contribution is 2.35. The summed E-state index contributed by atoms with van der Waals surface area (Å²) >= 11 is 0. The van der Waals surface area contributed by atoms with Crippen LogP contribution >= 0.6 is 0 Å². The van der Waals surface area contributed by atoms with Gasteiger partial charge in [0.15, 0.2) is 6.10 Å². The highest BCUT2D eigenvalue weighted by Gasteiger charge is 2.44. The molecule has 0 radical (unpaired) electrons. The molecule has 5 nitrogen and oxygen atoms in total. The van der Waals surface area contributed by atoms with Gasteiger partial charge in [-0.15, -0.1) is 0 Å². The smallest absolute Gasteiger partial charge is 0.334 e. The van der Waals surface area contributed by atoms with Gasteiger partial charge in [0.05, 0.1) is 19.8 Å². The summed E-state index contributed by atoms with van der Waals surface area (Å²) in [6.45, 7) is 4.53. The Labute approximate surface area is 112 Å². The highest BCUT2D eigenvalue weighted by atomic mass is 16.6. The normalized spacial score (nSPS) is 18.4. The van der Waals surface area contributed by atoms with Crippen molar-refractivity contribution in [3.05, 3.63) is 29.8 Å². The summed E-state index contributed by atoms with van der Waals surface area (Å²) in [7, 11) is 0. The van der Waals surface area contributed by atoms with E-state index in [1.165, 1.54) is 0 Å². The molecule has 1 atom stereocenters. The molecule has 2 rings (SSSR count). The number of phenols is 1. The molecule has 0 amide bonds. The van der Waals surface area contributed by atoms with Crippen molar-refractivity contribution in [2.24, 2.45) is 0 Å². The van der Waals surface area contributed by atoms with Crippen molar-refractivity contribution < 1.29 is 24.1 Å². The van der Waals surface area contributed by atoms with E-state index in [1.807, 2.05) is 0 Å². The maximum atomic E-state index is 11.6. The van der Waals surface area contributed by atoms with Gasteiger partial charge in [-0.3, -0.25) is 0 Å². The summed E-state index contributed by atoms with van der Waals surface area (Å²) in [5.41, 5.74) is 0.257. The Morgan fingerprint density at radius 2 is 2.05 bits per heavy atom. The molecule has 1 aromatic rings. The summed E-state index contributed by atoms with van der Waals surface area (Å²) < 4.78 is 16.0. The molecule has 1 heterocycles. The fourth-order valence-electron chi connectivity index (χ4n) is 2.00. The zero-order valence-electron chi connectivity index (χ0n) is 11.1. The number of carbonyl (C=O) groups excluding carboxylic acids is 1. The van der Waals surface area contributed by atoms with Crippen LogP contribution in [0.1, 0.15) is 19.4 Å². The number of ether oxygens (including phenoxy) is 3. The van der Waals surface area contributed by atoms with Gasteiger partial charge in [0.2, 0.25) is 0 Å². The van der Waals surface area contributed by atoms with Crippen molar-refractivity contribution in [3.8, 4) is 5.75 Å². The van der Waals surface area contributed by atoms with Crippen LogP contribution in [-0.4, -0.2) is 37.0 Å². The molecule has 0 aliphatic carbocycles. The van der Waals surface area contributed by atoms with Crippen LogP contribution in [0.25, 0.3) is 0 Å². The third-order valence-electron chi connectivity index (χ3n) is 3.08. The van der Waals surface area contributed by atoms with E-state index in [4.69, 9.17) is 14.2 Å². The summed E-state index contributed by atoms with van der Waals surface area (Å²) in [4.78, 5) is 11.6. The lowest BCUT2D eigenvalue weighted by Crippen LogP contribution is -2.51. The Hall–Kier alpha value is -1.59. The lowest BCUT2D eigenvalue weighted by atomic mass is 9.91. The summed E-state index contributed by atoms with van der Waals surface area (Å²) in [5, 5.41) is 9.31. The predicted octanol–water partition coefficient (Wildman–Crippen LogP) is 1.59. The van der Waals surface area contributed by atoms with Gasteiger partial charge in [0.25, 0.3) is 0 Å². The number of esters is 1. The molecule has 1 saturated heterocycles. The largest absolute Gasteiger partial charge is 0.508 e. The van der Waals surface area contributed by atoms with Crippen molar-refractivity contribution >= 4 is 5.97 Å². The molecule has 5 heteroatoms. The second-order valence-electron chi connectivity index (χ2n) is 4.55. The molecule has 1 aromatic carbocycles. The molecule has 1 aliphatic heterocycles. The van der Waals surface area contributed by atoms with Gasteiger partial charge in [-0.1, -0.05) is 12.1 Å². The topological polar surface area (TPSA) is 65.0 Å². The highest BCUT2D eigenvalue weighted by molar-refractivity contribution is 5.74. The molecule has 1 unspecified atom stereocenters. The monoisotopic (exact) mass is 266 g/mol. The molecular weight excluding hydrogens is 248 g/mol.